The fourth-order valence-corrected chi connectivity index (χ4v) is 3.26. The number of nitrogens with zero attached hydrogens (tertiary/aromatic N) is 1. The van der Waals surface area contributed by atoms with Gasteiger partial charge in [-0.25, -0.2) is 0 Å². The van der Waals surface area contributed by atoms with Gasteiger partial charge in [0.1, 0.15) is 0 Å². The predicted molar refractivity (Wildman–Crippen MR) is 105 cm³/mol. The minimum atomic E-state index is -0.323. The summed E-state index contributed by atoms with van der Waals surface area (Å²) in [7, 11) is 0. The third kappa shape index (κ3) is 3.02. The van der Waals surface area contributed by atoms with Crippen LogP contribution in [-0.2, 0) is 6.54 Å². The Hall–Kier alpha value is -3.66. The summed E-state index contributed by atoms with van der Waals surface area (Å²) in [4.78, 5) is 26.1. The fourth-order valence-electron chi connectivity index (χ4n) is 3.26. The number of aromatic hydroxyl groups is 1. The molecule has 132 valence electrons. The molecule has 0 aliphatic rings. The van der Waals surface area contributed by atoms with Gasteiger partial charge in [-0.3, -0.25) is 14.2 Å². The Morgan fingerprint density at radius 2 is 1.33 bits per heavy atom. The average molecular weight is 355 g/mol. The topological polar surface area (TPSA) is 59.3 Å². The van der Waals surface area contributed by atoms with Crippen LogP contribution in [0, 0.1) is 0 Å². The van der Waals surface area contributed by atoms with Crippen LogP contribution in [0.4, 0.5) is 0 Å². The number of pyridine rings is 1. The van der Waals surface area contributed by atoms with Crippen molar-refractivity contribution in [3.05, 3.63) is 112 Å². The lowest BCUT2D eigenvalue weighted by atomic mass is 9.98. The van der Waals surface area contributed by atoms with Crippen molar-refractivity contribution in [3.8, 4) is 5.88 Å². The zero-order valence-electron chi connectivity index (χ0n) is 14.5. The highest BCUT2D eigenvalue weighted by atomic mass is 16.3. The summed E-state index contributed by atoms with van der Waals surface area (Å²) in [5, 5.41) is 11.8. The van der Waals surface area contributed by atoms with Gasteiger partial charge in [-0.2, -0.15) is 0 Å². The normalized spacial score (nSPS) is 10.8. The number of aromatic nitrogens is 1. The third-order valence-electron chi connectivity index (χ3n) is 4.60. The maximum Gasteiger partial charge on any atom is 0.261 e. The third-order valence-corrected chi connectivity index (χ3v) is 4.60. The molecule has 4 aromatic rings. The maximum absolute atomic E-state index is 13.1. The number of benzene rings is 3. The second kappa shape index (κ2) is 6.92. The van der Waals surface area contributed by atoms with Gasteiger partial charge >= 0.3 is 0 Å². The molecule has 0 fully saturated rings. The number of hydrogen-bond acceptors (Lipinski definition) is 3. The van der Waals surface area contributed by atoms with E-state index in [1.807, 2.05) is 36.4 Å². The molecule has 0 atom stereocenters. The number of carbonyl (C=O) groups excluding carboxylic acids is 1. The van der Waals surface area contributed by atoms with E-state index in [4.69, 9.17) is 0 Å². The van der Waals surface area contributed by atoms with Crippen LogP contribution in [0.3, 0.4) is 0 Å². The van der Waals surface area contributed by atoms with E-state index in [-0.39, 0.29) is 29.3 Å². The van der Waals surface area contributed by atoms with Crippen molar-refractivity contribution in [1.82, 2.24) is 4.57 Å². The van der Waals surface area contributed by atoms with Crippen LogP contribution in [0.1, 0.15) is 21.5 Å². The first-order valence-electron chi connectivity index (χ1n) is 8.65. The first-order valence-corrected chi connectivity index (χ1v) is 8.65. The van der Waals surface area contributed by atoms with Crippen molar-refractivity contribution in [3.63, 3.8) is 0 Å². The largest absolute Gasteiger partial charge is 0.494 e. The summed E-state index contributed by atoms with van der Waals surface area (Å²) in [5.41, 5.74) is 1.15. The van der Waals surface area contributed by atoms with Crippen molar-refractivity contribution in [2.45, 2.75) is 6.54 Å². The number of fused-ring (bicyclic) bond motifs is 1. The summed E-state index contributed by atoms with van der Waals surface area (Å²) in [5.74, 6) is -0.623. The van der Waals surface area contributed by atoms with Gasteiger partial charge in [-0.05, 0) is 11.6 Å². The Bertz CT molecular complexity index is 1180. The van der Waals surface area contributed by atoms with Gasteiger partial charge in [0.05, 0.1) is 12.1 Å². The first-order chi connectivity index (χ1) is 13.2. The van der Waals surface area contributed by atoms with Gasteiger partial charge < -0.3 is 5.11 Å². The van der Waals surface area contributed by atoms with Crippen molar-refractivity contribution < 1.29 is 9.90 Å². The Labute approximate surface area is 156 Å². The van der Waals surface area contributed by atoms with E-state index in [1.165, 1.54) is 4.57 Å². The Morgan fingerprint density at radius 1 is 0.778 bits per heavy atom. The summed E-state index contributed by atoms with van der Waals surface area (Å²) in [6, 6.07) is 25.0. The van der Waals surface area contributed by atoms with Gasteiger partial charge in [0.15, 0.2) is 5.78 Å². The highest BCUT2D eigenvalue weighted by molar-refractivity contribution is 6.17. The molecule has 0 bridgehead atoms. The molecule has 1 heterocycles. The summed E-state index contributed by atoms with van der Waals surface area (Å²) < 4.78 is 1.26. The van der Waals surface area contributed by atoms with E-state index in [1.54, 1.807) is 48.5 Å². The van der Waals surface area contributed by atoms with Crippen LogP contribution in [0.2, 0.25) is 0 Å². The van der Waals surface area contributed by atoms with Crippen LogP contribution < -0.4 is 5.56 Å². The lowest BCUT2D eigenvalue weighted by molar-refractivity contribution is 0.103. The molecule has 4 heteroatoms. The molecule has 1 aromatic heterocycles. The molecular weight excluding hydrogens is 338 g/mol. The van der Waals surface area contributed by atoms with E-state index in [0.29, 0.717) is 16.3 Å². The highest BCUT2D eigenvalue weighted by Gasteiger charge is 2.22. The van der Waals surface area contributed by atoms with Crippen molar-refractivity contribution >= 4 is 16.6 Å². The van der Waals surface area contributed by atoms with E-state index < -0.39 is 0 Å². The minimum absolute atomic E-state index is 0.146. The predicted octanol–water partition coefficient (Wildman–Crippen LogP) is 3.99. The molecule has 0 saturated carbocycles. The quantitative estimate of drug-likeness (QED) is 0.563. The molecule has 3 aromatic carbocycles. The molecule has 4 rings (SSSR count). The first kappa shape index (κ1) is 16.8. The fraction of sp³-hybridized carbons (Fsp3) is 0.0435. The zero-order chi connectivity index (χ0) is 18.8. The lowest BCUT2D eigenvalue weighted by Gasteiger charge is -2.15. The summed E-state index contributed by atoms with van der Waals surface area (Å²) in [6.07, 6.45) is 0. The summed E-state index contributed by atoms with van der Waals surface area (Å²) >= 11 is 0. The number of hydrogen-bond donors (Lipinski definition) is 1. The minimum Gasteiger partial charge on any atom is -0.494 e. The van der Waals surface area contributed by atoms with E-state index in [9.17, 15) is 14.7 Å². The van der Waals surface area contributed by atoms with Gasteiger partial charge in [0.25, 0.3) is 5.56 Å². The lowest BCUT2D eigenvalue weighted by Crippen LogP contribution is -2.23. The smallest absolute Gasteiger partial charge is 0.261 e. The van der Waals surface area contributed by atoms with Gasteiger partial charge in [-0.1, -0.05) is 78.9 Å². The van der Waals surface area contributed by atoms with Crippen LogP contribution in [0.15, 0.2) is 89.7 Å². The molecular formula is C23H17NO3. The molecule has 0 aliphatic carbocycles. The van der Waals surface area contributed by atoms with Crippen LogP contribution in [0.25, 0.3) is 10.8 Å². The molecule has 1 N–H and O–H groups in total. The zero-order valence-corrected chi connectivity index (χ0v) is 14.5. The second-order valence-corrected chi connectivity index (χ2v) is 6.32. The Morgan fingerprint density at radius 3 is 2.00 bits per heavy atom. The average Bonchev–Trinajstić information content (AvgIpc) is 2.72. The standard InChI is InChI=1S/C23H17NO3/c25-21(17-11-5-2-6-12-17)20-18-13-7-8-14-19(18)22(26)24(23(20)27)15-16-9-3-1-4-10-16/h1-14,27H,15H2. The van der Waals surface area contributed by atoms with E-state index in [2.05, 4.69) is 0 Å². The molecule has 4 nitrogen and oxygen atoms in total. The number of rotatable bonds is 4. The molecule has 0 unspecified atom stereocenters. The molecule has 0 spiro atoms. The van der Waals surface area contributed by atoms with Crippen molar-refractivity contribution in [1.29, 1.82) is 0 Å². The molecule has 27 heavy (non-hydrogen) atoms. The number of carbonyl (C=O) groups is 1. The van der Waals surface area contributed by atoms with Crippen molar-refractivity contribution in [2.24, 2.45) is 0 Å². The van der Waals surface area contributed by atoms with Gasteiger partial charge in [0, 0.05) is 16.3 Å². The Kier molecular flexibility index (Phi) is 4.30. The van der Waals surface area contributed by atoms with Gasteiger partial charge in [0.2, 0.25) is 5.88 Å². The Balaban J connectivity index is 1.98. The second-order valence-electron chi connectivity index (χ2n) is 6.32. The van der Waals surface area contributed by atoms with Crippen LogP contribution in [-0.4, -0.2) is 15.5 Å². The van der Waals surface area contributed by atoms with Crippen LogP contribution in [0.5, 0.6) is 5.88 Å². The molecule has 0 amide bonds. The summed E-state index contributed by atoms with van der Waals surface area (Å²) in [6.45, 7) is 0.186. The molecule has 0 radical (unpaired) electrons. The van der Waals surface area contributed by atoms with Gasteiger partial charge in [-0.15, -0.1) is 0 Å². The van der Waals surface area contributed by atoms with Crippen LogP contribution >= 0.6 is 0 Å². The highest BCUT2D eigenvalue weighted by Crippen LogP contribution is 2.28. The van der Waals surface area contributed by atoms with Crippen molar-refractivity contribution in [2.75, 3.05) is 0 Å². The molecule has 0 saturated heterocycles. The maximum atomic E-state index is 13.1. The SMILES string of the molecule is O=C(c1ccccc1)c1c(O)n(Cc2ccccc2)c(=O)c2ccccc12. The monoisotopic (exact) mass is 355 g/mol. The van der Waals surface area contributed by atoms with E-state index in [0.717, 1.165) is 5.56 Å². The number of ketones is 1. The molecule has 0 aliphatic heterocycles. The van der Waals surface area contributed by atoms with E-state index >= 15 is 0 Å².